The quantitative estimate of drug-likeness (QED) is 0.640. The van der Waals surface area contributed by atoms with E-state index in [9.17, 15) is 9.18 Å². The van der Waals surface area contributed by atoms with E-state index in [0.717, 1.165) is 41.3 Å². The third kappa shape index (κ3) is 5.01. The summed E-state index contributed by atoms with van der Waals surface area (Å²) in [4.78, 5) is 15.0. The summed E-state index contributed by atoms with van der Waals surface area (Å²) in [5, 5.41) is 12.5. The lowest BCUT2D eigenvalue weighted by molar-refractivity contribution is -0.121. The maximum Gasteiger partial charge on any atom is 0.230 e. The van der Waals surface area contributed by atoms with Crippen LogP contribution in [0.25, 0.3) is 10.6 Å². The molecule has 4 rings (SSSR count). The maximum absolute atomic E-state index is 13.1. The second kappa shape index (κ2) is 9.32. The molecule has 0 bridgehead atoms. The number of carbonyl (C=O) groups excluding carboxylic acids is 1. The average molecular weight is 427 g/mol. The van der Waals surface area contributed by atoms with Gasteiger partial charge in [0.25, 0.3) is 0 Å². The Hall–Kier alpha value is -2.84. The number of nitrogens with one attached hydrogen (secondary N) is 1. The van der Waals surface area contributed by atoms with Gasteiger partial charge in [0.05, 0.1) is 13.0 Å². The number of methoxy groups -OCH3 is 1. The summed E-state index contributed by atoms with van der Waals surface area (Å²) in [6, 6.07) is 14.1. The van der Waals surface area contributed by atoms with Crippen molar-refractivity contribution in [2.24, 2.45) is 5.92 Å². The highest BCUT2D eigenvalue weighted by Crippen LogP contribution is 2.28. The van der Waals surface area contributed by atoms with Crippen molar-refractivity contribution in [3.63, 3.8) is 0 Å². The lowest BCUT2D eigenvalue weighted by atomic mass is 9.97. The van der Waals surface area contributed by atoms with E-state index >= 15 is 0 Å². The smallest absolute Gasteiger partial charge is 0.230 e. The van der Waals surface area contributed by atoms with Gasteiger partial charge in [-0.05, 0) is 61.3 Å². The number of carbonyl (C=O) groups is 1. The van der Waals surface area contributed by atoms with Gasteiger partial charge in [-0.2, -0.15) is 0 Å². The fourth-order valence-electron chi connectivity index (χ4n) is 3.59. The molecule has 30 heavy (non-hydrogen) atoms. The normalized spacial score (nSPS) is 16.9. The van der Waals surface area contributed by atoms with Crippen molar-refractivity contribution in [3.8, 4) is 16.3 Å². The van der Waals surface area contributed by atoms with Gasteiger partial charge in [0, 0.05) is 18.7 Å². The second-order valence-electron chi connectivity index (χ2n) is 7.33. The molecule has 1 unspecified atom stereocenters. The molecule has 1 amide bonds. The number of hydrogen-bond acceptors (Lipinski definition) is 6. The number of aromatic nitrogens is 2. The fourth-order valence-corrected chi connectivity index (χ4v) is 4.34. The zero-order valence-electron chi connectivity index (χ0n) is 16.7. The molecule has 3 aromatic rings. The van der Waals surface area contributed by atoms with Gasteiger partial charge >= 0.3 is 0 Å². The molecule has 1 aromatic heterocycles. The molecule has 0 radical (unpaired) electrons. The van der Waals surface area contributed by atoms with Crippen molar-refractivity contribution in [1.29, 1.82) is 0 Å². The summed E-state index contributed by atoms with van der Waals surface area (Å²) in [7, 11) is 1.62. The number of hydrogen-bond donors (Lipinski definition) is 1. The van der Waals surface area contributed by atoms with Crippen molar-refractivity contribution >= 4 is 22.4 Å². The van der Waals surface area contributed by atoms with Gasteiger partial charge in [0.2, 0.25) is 11.0 Å². The van der Waals surface area contributed by atoms with Crippen LogP contribution in [0.2, 0.25) is 0 Å². The van der Waals surface area contributed by atoms with Crippen LogP contribution in [0.15, 0.2) is 48.5 Å². The maximum atomic E-state index is 13.1. The summed E-state index contributed by atoms with van der Waals surface area (Å²) in [5.41, 5.74) is 1.97. The summed E-state index contributed by atoms with van der Waals surface area (Å²) >= 11 is 1.35. The molecule has 1 aliphatic heterocycles. The van der Waals surface area contributed by atoms with Gasteiger partial charge in [0.15, 0.2) is 0 Å². The minimum Gasteiger partial charge on any atom is -0.497 e. The van der Waals surface area contributed by atoms with Gasteiger partial charge < -0.3 is 10.1 Å². The summed E-state index contributed by atoms with van der Waals surface area (Å²) in [5.74, 6) is 0.406. The first-order valence-electron chi connectivity index (χ1n) is 9.86. The molecule has 8 heteroatoms. The molecule has 2 aromatic carbocycles. The summed E-state index contributed by atoms with van der Waals surface area (Å²) in [6.07, 6.45) is 1.79. The van der Waals surface area contributed by atoms with Crippen LogP contribution in [0.3, 0.4) is 0 Å². The van der Waals surface area contributed by atoms with Gasteiger partial charge in [-0.15, -0.1) is 10.2 Å². The highest BCUT2D eigenvalue weighted by Gasteiger charge is 2.26. The first kappa shape index (κ1) is 20.4. The topological polar surface area (TPSA) is 67.4 Å². The van der Waals surface area contributed by atoms with Crippen molar-refractivity contribution in [3.05, 3.63) is 59.9 Å². The zero-order chi connectivity index (χ0) is 20.9. The Balaban J connectivity index is 1.35. The lowest BCUT2D eigenvalue weighted by Crippen LogP contribution is -2.40. The zero-order valence-corrected chi connectivity index (χ0v) is 17.5. The van der Waals surface area contributed by atoms with Crippen LogP contribution in [0.1, 0.15) is 18.4 Å². The first-order chi connectivity index (χ1) is 14.6. The Morgan fingerprint density at radius 3 is 2.70 bits per heavy atom. The van der Waals surface area contributed by atoms with Gasteiger partial charge in [-0.3, -0.25) is 9.69 Å². The van der Waals surface area contributed by atoms with E-state index < -0.39 is 0 Å². The Morgan fingerprint density at radius 2 is 1.97 bits per heavy atom. The summed E-state index contributed by atoms with van der Waals surface area (Å²) in [6.45, 7) is 2.32. The van der Waals surface area contributed by atoms with E-state index in [0.29, 0.717) is 18.2 Å². The number of anilines is 1. The van der Waals surface area contributed by atoms with Crippen LogP contribution in [0.5, 0.6) is 5.75 Å². The third-order valence-electron chi connectivity index (χ3n) is 5.19. The highest BCUT2D eigenvalue weighted by molar-refractivity contribution is 7.18. The predicted molar refractivity (Wildman–Crippen MR) is 115 cm³/mol. The lowest BCUT2D eigenvalue weighted by Gasteiger charge is -2.31. The Morgan fingerprint density at radius 1 is 1.20 bits per heavy atom. The average Bonchev–Trinajstić information content (AvgIpc) is 3.24. The van der Waals surface area contributed by atoms with E-state index in [1.54, 1.807) is 19.2 Å². The Labute approximate surface area is 178 Å². The molecular formula is C22H23FN4O2S. The van der Waals surface area contributed by atoms with Gasteiger partial charge in [-0.1, -0.05) is 23.5 Å². The number of ether oxygens (including phenoxy) is 1. The van der Waals surface area contributed by atoms with Gasteiger partial charge in [-0.25, -0.2) is 4.39 Å². The molecule has 2 heterocycles. The second-order valence-corrected chi connectivity index (χ2v) is 8.31. The molecule has 0 aliphatic carbocycles. The Bertz CT molecular complexity index is 991. The molecule has 1 saturated heterocycles. The molecule has 6 nitrogen and oxygen atoms in total. The summed E-state index contributed by atoms with van der Waals surface area (Å²) < 4.78 is 18.3. The monoisotopic (exact) mass is 426 g/mol. The number of likely N-dealkylation sites (tertiary alicyclic amines) is 1. The van der Waals surface area contributed by atoms with E-state index in [2.05, 4.69) is 20.4 Å². The van der Waals surface area contributed by atoms with Crippen LogP contribution in [0.4, 0.5) is 9.52 Å². The standard InChI is InChI=1S/C22H23FN4O2S/c1-29-19-10-6-16(7-11-19)21-25-26-22(30-21)24-20(28)17-3-2-12-27(14-17)13-15-4-8-18(23)9-5-15/h4-11,17H,2-3,12-14H2,1H3,(H,24,26,28). The Kier molecular flexibility index (Phi) is 6.35. The molecule has 156 valence electrons. The molecule has 1 fully saturated rings. The third-order valence-corrected chi connectivity index (χ3v) is 6.08. The van der Waals surface area contributed by atoms with Crippen LogP contribution in [-0.2, 0) is 11.3 Å². The van der Waals surface area contributed by atoms with Crippen molar-refractivity contribution in [2.45, 2.75) is 19.4 Å². The molecule has 1 aliphatic rings. The minimum absolute atomic E-state index is 0.0313. The number of benzene rings is 2. The number of piperidine rings is 1. The van der Waals surface area contributed by atoms with E-state index in [4.69, 9.17) is 4.74 Å². The van der Waals surface area contributed by atoms with Gasteiger partial charge in [0.1, 0.15) is 16.6 Å². The number of rotatable bonds is 6. The number of amides is 1. The fraction of sp³-hybridized carbons (Fsp3) is 0.318. The van der Waals surface area contributed by atoms with Crippen LogP contribution in [0, 0.1) is 11.7 Å². The predicted octanol–water partition coefficient (Wildman–Crippen LogP) is 4.20. The van der Waals surface area contributed by atoms with E-state index in [1.807, 2.05) is 24.3 Å². The first-order valence-corrected chi connectivity index (χ1v) is 10.7. The van der Waals surface area contributed by atoms with Crippen LogP contribution >= 0.6 is 11.3 Å². The number of nitrogens with zero attached hydrogens (tertiary/aromatic N) is 3. The molecule has 1 N–H and O–H groups in total. The number of halogens is 1. The van der Waals surface area contributed by atoms with E-state index in [-0.39, 0.29) is 17.6 Å². The molecule has 0 saturated carbocycles. The van der Waals surface area contributed by atoms with Crippen LogP contribution in [-0.4, -0.2) is 41.2 Å². The van der Waals surface area contributed by atoms with E-state index in [1.165, 1.54) is 23.5 Å². The molecule has 0 spiro atoms. The van der Waals surface area contributed by atoms with Crippen molar-refractivity contribution in [1.82, 2.24) is 15.1 Å². The van der Waals surface area contributed by atoms with Crippen molar-refractivity contribution in [2.75, 3.05) is 25.5 Å². The largest absolute Gasteiger partial charge is 0.497 e. The molecular weight excluding hydrogens is 403 g/mol. The SMILES string of the molecule is COc1ccc(-c2nnc(NC(=O)C3CCCN(Cc4ccc(F)cc4)C3)s2)cc1. The van der Waals surface area contributed by atoms with Crippen molar-refractivity contribution < 1.29 is 13.9 Å². The minimum atomic E-state index is -0.235. The highest BCUT2D eigenvalue weighted by atomic mass is 32.1. The van der Waals surface area contributed by atoms with Crippen LogP contribution < -0.4 is 10.1 Å². The molecule has 1 atom stereocenters.